The summed E-state index contributed by atoms with van der Waals surface area (Å²) in [5.74, 6) is 0. The van der Waals surface area contributed by atoms with E-state index < -0.39 is 17.8 Å². The molecule has 2 N–H and O–H groups in total. The van der Waals surface area contributed by atoms with Crippen LogP contribution in [0.4, 0.5) is 18.9 Å². The van der Waals surface area contributed by atoms with Gasteiger partial charge in [0.1, 0.15) is 0 Å². The number of aryl methyl sites for hydroxylation is 1. The van der Waals surface area contributed by atoms with E-state index in [9.17, 15) is 18.3 Å². The Balaban J connectivity index is 2.09. The lowest BCUT2D eigenvalue weighted by Gasteiger charge is -2.16. The summed E-state index contributed by atoms with van der Waals surface area (Å²) in [5, 5.41) is 12.9. The first-order valence-electron chi connectivity index (χ1n) is 6.52. The Bertz CT molecular complexity index is 596. The molecule has 0 bridgehead atoms. The third-order valence-corrected chi connectivity index (χ3v) is 3.24. The van der Waals surface area contributed by atoms with Crippen LogP contribution in [0, 0.1) is 6.92 Å². The second-order valence-electron chi connectivity index (χ2n) is 4.83. The number of benzene rings is 2. The minimum absolute atomic E-state index is 0.145. The molecule has 112 valence electrons. The van der Waals surface area contributed by atoms with Crippen molar-refractivity contribution in [1.82, 2.24) is 0 Å². The first-order valence-corrected chi connectivity index (χ1v) is 6.52. The average Bonchev–Trinajstić information content (AvgIpc) is 2.45. The zero-order chi connectivity index (χ0) is 15.5. The number of nitrogens with one attached hydrogen (secondary N) is 1. The van der Waals surface area contributed by atoms with E-state index in [4.69, 9.17) is 0 Å². The molecule has 0 fully saturated rings. The number of halogens is 3. The van der Waals surface area contributed by atoms with Crippen molar-refractivity contribution in [2.45, 2.75) is 19.2 Å². The summed E-state index contributed by atoms with van der Waals surface area (Å²) in [4.78, 5) is 0. The van der Waals surface area contributed by atoms with Gasteiger partial charge in [-0.05, 0) is 30.2 Å². The van der Waals surface area contributed by atoms with Crippen LogP contribution in [0.2, 0.25) is 0 Å². The molecule has 0 aliphatic heterocycles. The van der Waals surface area contributed by atoms with Gasteiger partial charge in [-0.25, -0.2) is 0 Å². The lowest BCUT2D eigenvalue weighted by molar-refractivity contribution is -0.137. The highest BCUT2D eigenvalue weighted by Gasteiger charge is 2.30. The molecule has 0 spiro atoms. The van der Waals surface area contributed by atoms with Gasteiger partial charge in [0.25, 0.3) is 0 Å². The van der Waals surface area contributed by atoms with Crippen molar-refractivity contribution in [2.75, 3.05) is 11.9 Å². The molecule has 2 aromatic rings. The number of aliphatic hydroxyl groups excluding tert-OH is 1. The van der Waals surface area contributed by atoms with Crippen molar-refractivity contribution >= 4 is 5.69 Å². The van der Waals surface area contributed by atoms with E-state index in [2.05, 4.69) is 5.32 Å². The zero-order valence-corrected chi connectivity index (χ0v) is 11.5. The highest BCUT2D eigenvalue weighted by molar-refractivity contribution is 5.53. The van der Waals surface area contributed by atoms with Crippen LogP contribution in [0.3, 0.4) is 0 Å². The van der Waals surface area contributed by atoms with Gasteiger partial charge in [0.2, 0.25) is 0 Å². The SMILES string of the molecule is Cc1ccc(C(F)(F)F)cc1NCC(O)c1ccccc1. The van der Waals surface area contributed by atoms with Crippen LogP contribution >= 0.6 is 0 Å². The van der Waals surface area contributed by atoms with Crippen LogP contribution in [0.25, 0.3) is 0 Å². The quantitative estimate of drug-likeness (QED) is 0.887. The monoisotopic (exact) mass is 295 g/mol. The molecule has 0 aliphatic carbocycles. The minimum atomic E-state index is -4.37. The van der Waals surface area contributed by atoms with Gasteiger partial charge in [0.15, 0.2) is 0 Å². The Kier molecular flexibility index (Phi) is 4.53. The fourth-order valence-electron chi connectivity index (χ4n) is 1.99. The molecular formula is C16H16F3NO. The molecule has 2 nitrogen and oxygen atoms in total. The second-order valence-corrected chi connectivity index (χ2v) is 4.83. The van der Waals surface area contributed by atoms with Gasteiger partial charge in [-0.2, -0.15) is 13.2 Å². The molecule has 2 rings (SSSR count). The highest BCUT2D eigenvalue weighted by atomic mass is 19.4. The van der Waals surface area contributed by atoms with Crippen molar-refractivity contribution in [2.24, 2.45) is 0 Å². The molecular weight excluding hydrogens is 279 g/mol. The van der Waals surface area contributed by atoms with E-state index in [0.717, 1.165) is 17.7 Å². The zero-order valence-electron chi connectivity index (χ0n) is 11.5. The molecule has 1 unspecified atom stereocenters. The first kappa shape index (κ1) is 15.4. The molecule has 0 saturated carbocycles. The third kappa shape index (κ3) is 3.98. The summed E-state index contributed by atoms with van der Waals surface area (Å²) in [5.41, 5.74) is 1.09. The van der Waals surface area contributed by atoms with E-state index >= 15 is 0 Å². The van der Waals surface area contributed by atoms with Gasteiger partial charge >= 0.3 is 6.18 Å². The van der Waals surface area contributed by atoms with E-state index in [1.54, 1.807) is 31.2 Å². The molecule has 2 aromatic carbocycles. The van der Waals surface area contributed by atoms with Gasteiger partial charge in [-0.3, -0.25) is 0 Å². The van der Waals surface area contributed by atoms with Crippen LogP contribution in [0.5, 0.6) is 0 Å². The summed E-state index contributed by atoms with van der Waals surface area (Å²) in [6, 6.07) is 12.5. The highest BCUT2D eigenvalue weighted by Crippen LogP contribution is 2.32. The fourth-order valence-corrected chi connectivity index (χ4v) is 1.99. The van der Waals surface area contributed by atoms with Gasteiger partial charge in [-0.1, -0.05) is 36.4 Å². The van der Waals surface area contributed by atoms with E-state index in [0.29, 0.717) is 11.3 Å². The molecule has 21 heavy (non-hydrogen) atoms. The third-order valence-electron chi connectivity index (χ3n) is 3.24. The summed E-state index contributed by atoms with van der Waals surface area (Å²) in [7, 11) is 0. The molecule has 0 heterocycles. The standard InChI is InChI=1S/C16H16F3NO/c1-11-7-8-13(16(17,18)19)9-14(11)20-10-15(21)12-5-3-2-4-6-12/h2-9,15,20-21H,10H2,1H3. The summed E-state index contributed by atoms with van der Waals surface area (Å²) in [6.45, 7) is 1.86. The van der Waals surface area contributed by atoms with Crippen LogP contribution in [0.15, 0.2) is 48.5 Å². The van der Waals surface area contributed by atoms with Gasteiger partial charge in [-0.15, -0.1) is 0 Å². The molecule has 5 heteroatoms. The van der Waals surface area contributed by atoms with E-state index in [-0.39, 0.29) is 6.54 Å². The Labute approximate surface area is 121 Å². The summed E-state index contributed by atoms with van der Waals surface area (Å²) < 4.78 is 38.1. The minimum Gasteiger partial charge on any atom is -0.387 e. The normalized spacial score (nSPS) is 13.0. The van der Waals surface area contributed by atoms with Crippen molar-refractivity contribution < 1.29 is 18.3 Å². The van der Waals surface area contributed by atoms with Crippen molar-refractivity contribution in [3.05, 3.63) is 65.2 Å². The number of anilines is 1. The maximum absolute atomic E-state index is 12.7. The molecule has 0 radical (unpaired) electrons. The Morgan fingerprint density at radius 3 is 2.38 bits per heavy atom. The Morgan fingerprint density at radius 2 is 1.76 bits per heavy atom. The van der Waals surface area contributed by atoms with Crippen molar-refractivity contribution in [3.8, 4) is 0 Å². The van der Waals surface area contributed by atoms with E-state index in [1.807, 2.05) is 6.07 Å². The summed E-state index contributed by atoms with van der Waals surface area (Å²) in [6.07, 6.45) is -5.15. The van der Waals surface area contributed by atoms with Crippen LogP contribution in [-0.4, -0.2) is 11.7 Å². The first-order chi connectivity index (χ1) is 9.88. The number of hydrogen-bond donors (Lipinski definition) is 2. The lowest BCUT2D eigenvalue weighted by Crippen LogP contribution is -2.14. The van der Waals surface area contributed by atoms with Gasteiger partial charge < -0.3 is 10.4 Å². The van der Waals surface area contributed by atoms with Crippen LogP contribution < -0.4 is 5.32 Å². The number of alkyl halides is 3. The maximum Gasteiger partial charge on any atom is 0.416 e. The predicted octanol–water partition coefficient (Wildman–Crippen LogP) is 4.16. The smallest absolute Gasteiger partial charge is 0.387 e. The van der Waals surface area contributed by atoms with Gasteiger partial charge in [0.05, 0.1) is 11.7 Å². The molecule has 0 aromatic heterocycles. The summed E-state index contributed by atoms with van der Waals surface area (Å²) >= 11 is 0. The molecule has 0 saturated heterocycles. The average molecular weight is 295 g/mol. The van der Waals surface area contributed by atoms with Crippen molar-refractivity contribution in [1.29, 1.82) is 0 Å². The lowest BCUT2D eigenvalue weighted by atomic mass is 10.1. The molecule has 0 amide bonds. The van der Waals surface area contributed by atoms with E-state index in [1.165, 1.54) is 6.07 Å². The van der Waals surface area contributed by atoms with Crippen LogP contribution in [0.1, 0.15) is 22.8 Å². The Morgan fingerprint density at radius 1 is 1.10 bits per heavy atom. The van der Waals surface area contributed by atoms with Crippen LogP contribution in [-0.2, 0) is 6.18 Å². The second kappa shape index (κ2) is 6.18. The number of aliphatic hydroxyl groups is 1. The van der Waals surface area contributed by atoms with Crippen molar-refractivity contribution in [3.63, 3.8) is 0 Å². The largest absolute Gasteiger partial charge is 0.416 e. The molecule has 0 aliphatic rings. The predicted molar refractivity (Wildman–Crippen MR) is 76.1 cm³/mol. The Hall–Kier alpha value is -2.01. The fraction of sp³-hybridized carbons (Fsp3) is 0.250. The number of hydrogen-bond acceptors (Lipinski definition) is 2. The maximum atomic E-state index is 12.7. The van der Waals surface area contributed by atoms with Gasteiger partial charge in [0, 0.05) is 12.2 Å². The molecule has 1 atom stereocenters. The number of rotatable bonds is 4. The topological polar surface area (TPSA) is 32.3 Å².